The second-order valence-electron chi connectivity index (χ2n) is 5.38. The Kier molecular flexibility index (Phi) is 4.05. The third kappa shape index (κ3) is 3.49. The lowest BCUT2D eigenvalue weighted by atomic mass is 10.2. The summed E-state index contributed by atoms with van der Waals surface area (Å²) in [5.41, 5.74) is 0.650. The number of nitrogens with one attached hydrogen (secondary N) is 1. The van der Waals surface area contributed by atoms with Crippen molar-refractivity contribution in [3.05, 3.63) is 70.7 Å². The van der Waals surface area contributed by atoms with Crippen molar-refractivity contribution in [2.75, 3.05) is 0 Å². The first-order valence-corrected chi connectivity index (χ1v) is 7.66. The lowest BCUT2D eigenvalue weighted by molar-refractivity contribution is -0.389. The van der Waals surface area contributed by atoms with Crippen molar-refractivity contribution in [1.29, 1.82) is 0 Å². The van der Waals surface area contributed by atoms with Gasteiger partial charge in [0, 0.05) is 5.56 Å². The highest BCUT2D eigenvalue weighted by atomic mass is 19.1. The van der Waals surface area contributed by atoms with Gasteiger partial charge in [0.15, 0.2) is 0 Å². The number of aromatic amines is 1. The van der Waals surface area contributed by atoms with Crippen LogP contribution in [0.3, 0.4) is 0 Å². The van der Waals surface area contributed by atoms with Crippen LogP contribution in [0.5, 0.6) is 11.5 Å². The van der Waals surface area contributed by atoms with Gasteiger partial charge in [0.25, 0.3) is 5.82 Å². The number of nitro groups is 1. The zero-order valence-electron chi connectivity index (χ0n) is 13.5. The maximum atomic E-state index is 12.9. The summed E-state index contributed by atoms with van der Waals surface area (Å²) in [6.45, 7) is 0. The molecule has 10 heteroatoms. The first-order chi connectivity index (χ1) is 13.1. The fourth-order valence-corrected chi connectivity index (χ4v) is 2.26. The van der Waals surface area contributed by atoms with Crippen LogP contribution < -0.4 is 4.74 Å². The molecule has 1 N–H and O–H groups in total. The monoisotopic (exact) mass is 367 g/mol. The van der Waals surface area contributed by atoms with Gasteiger partial charge in [0.05, 0.1) is 0 Å². The van der Waals surface area contributed by atoms with E-state index in [9.17, 15) is 14.5 Å². The molecule has 4 aromatic rings. The minimum absolute atomic E-state index is 0.0322. The number of hydrogen-bond acceptors (Lipinski definition) is 7. The Bertz CT molecular complexity index is 1090. The van der Waals surface area contributed by atoms with Crippen LogP contribution in [-0.2, 0) is 0 Å². The molecule has 0 spiro atoms. The van der Waals surface area contributed by atoms with Crippen LogP contribution in [0.15, 0.2) is 59.3 Å². The quantitative estimate of drug-likeness (QED) is 0.418. The molecule has 0 saturated carbocycles. The van der Waals surface area contributed by atoms with E-state index in [1.54, 1.807) is 24.3 Å². The first-order valence-electron chi connectivity index (χ1n) is 7.66. The van der Waals surface area contributed by atoms with Crippen molar-refractivity contribution in [1.82, 2.24) is 20.1 Å². The molecule has 9 nitrogen and oxygen atoms in total. The van der Waals surface area contributed by atoms with E-state index in [0.717, 1.165) is 6.20 Å². The van der Waals surface area contributed by atoms with Gasteiger partial charge in [-0.2, -0.15) is 4.98 Å². The zero-order chi connectivity index (χ0) is 18.8. The predicted molar refractivity (Wildman–Crippen MR) is 90.4 cm³/mol. The Morgan fingerprint density at radius 3 is 2.37 bits per heavy atom. The van der Waals surface area contributed by atoms with Crippen LogP contribution in [-0.4, -0.2) is 25.0 Å². The second kappa shape index (κ2) is 6.67. The smallest absolute Gasteiger partial charge is 0.341 e. The number of rotatable bonds is 5. The molecule has 27 heavy (non-hydrogen) atoms. The van der Waals surface area contributed by atoms with Gasteiger partial charge in [-0.1, -0.05) is 5.16 Å². The van der Waals surface area contributed by atoms with E-state index < -0.39 is 4.92 Å². The van der Waals surface area contributed by atoms with Crippen molar-refractivity contribution in [3.63, 3.8) is 0 Å². The summed E-state index contributed by atoms with van der Waals surface area (Å²) in [5, 5.41) is 14.5. The third-order valence-corrected chi connectivity index (χ3v) is 3.55. The Morgan fingerprint density at radius 1 is 1.07 bits per heavy atom. The van der Waals surface area contributed by atoms with Gasteiger partial charge in [-0.3, -0.25) is 0 Å². The summed E-state index contributed by atoms with van der Waals surface area (Å²) in [5.74, 6) is 0.875. The largest absolute Gasteiger partial charge is 0.457 e. The maximum absolute atomic E-state index is 12.9. The predicted octanol–water partition coefficient (Wildman–Crippen LogP) is 3.97. The second-order valence-corrected chi connectivity index (χ2v) is 5.38. The highest BCUT2D eigenvalue weighted by molar-refractivity contribution is 5.58. The number of benzene rings is 2. The summed E-state index contributed by atoms with van der Waals surface area (Å²) in [6.07, 6.45) is 1.07. The average Bonchev–Trinajstić information content (AvgIpc) is 3.34. The molecule has 0 fully saturated rings. The Morgan fingerprint density at radius 2 is 1.74 bits per heavy atom. The molecule has 0 radical (unpaired) electrons. The third-order valence-electron chi connectivity index (χ3n) is 3.55. The average molecular weight is 367 g/mol. The molecule has 0 saturated heterocycles. The minimum Gasteiger partial charge on any atom is -0.457 e. The normalized spacial score (nSPS) is 10.7. The molecule has 0 amide bonds. The molecular weight excluding hydrogens is 357 g/mol. The summed E-state index contributed by atoms with van der Waals surface area (Å²) < 4.78 is 23.6. The molecule has 0 atom stereocenters. The van der Waals surface area contributed by atoms with Crippen molar-refractivity contribution < 1.29 is 18.6 Å². The first kappa shape index (κ1) is 16.4. The van der Waals surface area contributed by atoms with Crippen molar-refractivity contribution in [2.45, 2.75) is 0 Å². The van der Waals surface area contributed by atoms with E-state index in [4.69, 9.17) is 9.26 Å². The van der Waals surface area contributed by atoms with E-state index in [1.807, 2.05) is 0 Å². The SMILES string of the molecule is O=[N+]([O-])c1cnc(-c2nc(-c3ccc(Oc4ccc(F)cc4)cc3)no2)[nH]1. The molecule has 2 heterocycles. The van der Waals surface area contributed by atoms with E-state index in [2.05, 4.69) is 20.1 Å². The van der Waals surface area contributed by atoms with Gasteiger partial charge >= 0.3 is 11.7 Å². The minimum atomic E-state index is -0.604. The molecule has 0 aliphatic rings. The molecule has 0 aliphatic heterocycles. The zero-order valence-corrected chi connectivity index (χ0v) is 13.5. The lowest BCUT2D eigenvalue weighted by Gasteiger charge is -2.05. The highest BCUT2D eigenvalue weighted by Gasteiger charge is 2.19. The molecule has 2 aromatic heterocycles. The van der Waals surface area contributed by atoms with Gasteiger partial charge in [-0.15, -0.1) is 0 Å². The van der Waals surface area contributed by atoms with E-state index in [-0.39, 0.29) is 29.2 Å². The van der Waals surface area contributed by atoms with Gasteiger partial charge in [0.2, 0.25) is 5.82 Å². The molecule has 2 aromatic carbocycles. The van der Waals surface area contributed by atoms with Crippen LogP contribution in [0.25, 0.3) is 23.1 Å². The summed E-state index contributed by atoms with van der Waals surface area (Å²) in [7, 11) is 0. The van der Waals surface area contributed by atoms with Crippen LogP contribution in [0.2, 0.25) is 0 Å². The fourth-order valence-electron chi connectivity index (χ4n) is 2.26. The molecule has 0 aliphatic carbocycles. The Labute approximate surface area is 150 Å². The number of hydrogen-bond donors (Lipinski definition) is 1. The number of H-pyrrole nitrogens is 1. The van der Waals surface area contributed by atoms with E-state index in [1.165, 1.54) is 24.3 Å². The molecule has 0 bridgehead atoms. The maximum Gasteiger partial charge on any atom is 0.341 e. The lowest BCUT2D eigenvalue weighted by Crippen LogP contribution is -1.87. The molecular formula is C17H10FN5O4. The Balaban J connectivity index is 1.51. The number of aromatic nitrogens is 4. The van der Waals surface area contributed by atoms with Gasteiger partial charge in [-0.05, 0) is 53.5 Å². The van der Waals surface area contributed by atoms with Crippen LogP contribution in [0, 0.1) is 15.9 Å². The topological polar surface area (TPSA) is 120 Å². The molecule has 134 valence electrons. The fraction of sp³-hybridized carbons (Fsp3) is 0. The van der Waals surface area contributed by atoms with Crippen molar-refractivity contribution in [3.8, 4) is 34.6 Å². The molecule has 0 unspecified atom stereocenters. The number of imidazole rings is 1. The van der Waals surface area contributed by atoms with Crippen LogP contribution >= 0.6 is 0 Å². The molecule has 4 rings (SSSR count). The number of ether oxygens (including phenoxy) is 1. The summed E-state index contributed by atoms with van der Waals surface area (Å²) in [6, 6.07) is 12.5. The van der Waals surface area contributed by atoms with Gasteiger partial charge < -0.3 is 19.4 Å². The Hall–Kier alpha value is -4.08. The van der Waals surface area contributed by atoms with Crippen LogP contribution in [0.1, 0.15) is 0 Å². The van der Waals surface area contributed by atoms with E-state index >= 15 is 0 Å². The highest BCUT2D eigenvalue weighted by Crippen LogP contribution is 2.26. The summed E-state index contributed by atoms with van der Waals surface area (Å²) >= 11 is 0. The van der Waals surface area contributed by atoms with Crippen molar-refractivity contribution in [2.24, 2.45) is 0 Å². The van der Waals surface area contributed by atoms with Gasteiger partial charge in [0.1, 0.15) is 23.5 Å². The van der Waals surface area contributed by atoms with E-state index in [0.29, 0.717) is 17.1 Å². The van der Waals surface area contributed by atoms with Crippen molar-refractivity contribution >= 4 is 5.82 Å². The standard InChI is InChI=1S/C17H10FN5O4/c18-11-3-7-13(8-4-11)26-12-5-1-10(2-6-12)15-21-17(27-22-15)16-19-9-14(20-16)23(24)25/h1-9H,(H,19,20). The summed E-state index contributed by atoms with van der Waals surface area (Å²) in [4.78, 5) is 20.6. The number of nitrogens with zero attached hydrogens (tertiary/aromatic N) is 4. The van der Waals surface area contributed by atoms with Gasteiger partial charge in [-0.25, -0.2) is 14.4 Å². The number of halogens is 1. The van der Waals surface area contributed by atoms with Crippen LogP contribution in [0.4, 0.5) is 10.2 Å².